The zero-order chi connectivity index (χ0) is 16.4. The van der Waals surface area contributed by atoms with Gasteiger partial charge in [-0.05, 0) is 38.4 Å². The Hall–Kier alpha value is -1.63. The van der Waals surface area contributed by atoms with Crippen LogP contribution in [0, 0.1) is 12.8 Å². The van der Waals surface area contributed by atoms with Crippen molar-refractivity contribution in [2.45, 2.75) is 26.4 Å². The highest BCUT2D eigenvalue weighted by atomic mass is 32.1. The fourth-order valence-electron chi connectivity index (χ4n) is 3.46. The molecule has 1 N–H and O–H groups in total. The molecule has 5 nitrogen and oxygen atoms in total. The first-order valence-corrected chi connectivity index (χ1v) is 9.37. The highest BCUT2D eigenvalue weighted by Gasteiger charge is 2.23. The van der Waals surface area contributed by atoms with Crippen molar-refractivity contribution in [3.05, 3.63) is 39.8 Å². The number of ether oxygens (including phenoxy) is 2. The molecule has 24 heavy (non-hydrogen) atoms. The molecule has 2 aliphatic heterocycles. The minimum atomic E-state index is 0.326. The van der Waals surface area contributed by atoms with Gasteiger partial charge in [0, 0.05) is 30.1 Å². The van der Waals surface area contributed by atoms with Gasteiger partial charge in [-0.15, -0.1) is 11.3 Å². The van der Waals surface area contributed by atoms with Crippen LogP contribution in [-0.2, 0) is 13.1 Å². The van der Waals surface area contributed by atoms with E-state index in [1.54, 1.807) is 11.3 Å². The Bertz CT molecular complexity index is 697. The van der Waals surface area contributed by atoms with Crippen molar-refractivity contribution in [3.63, 3.8) is 0 Å². The van der Waals surface area contributed by atoms with E-state index < -0.39 is 0 Å². The standard InChI is InChI=1S/C18H23N3O2S/c1-13-17(24-11-20-13)10-21(8-14-5-6-19-7-14)9-15-3-2-4-16-18(15)23-12-22-16/h2-4,11,14,19H,5-10,12H2,1H3. The molecule has 6 heteroatoms. The Balaban J connectivity index is 1.53. The molecule has 1 fully saturated rings. The van der Waals surface area contributed by atoms with Gasteiger partial charge in [0.05, 0.1) is 11.2 Å². The van der Waals surface area contributed by atoms with E-state index in [1.807, 2.05) is 11.6 Å². The number of benzene rings is 1. The van der Waals surface area contributed by atoms with E-state index in [0.29, 0.717) is 12.7 Å². The predicted octanol–water partition coefficient (Wildman–Crippen LogP) is 2.79. The Labute approximate surface area is 146 Å². The van der Waals surface area contributed by atoms with Crippen molar-refractivity contribution in [2.24, 2.45) is 5.92 Å². The van der Waals surface area contributed by atoms with Gasteiger partial charge in [0.25, 0.3) is 0 Å². The minimum Gasteiger partial charge on any atom is -0.454 e. The molecule has 0 amide bonds. The van der Waals surface area contributed by atoms with Gasteiger partial charge < -0.3 is 14.8 Å². The first kappa shape index (κ1) is 15.9. The van der Waals surface area contributed by atoms with Gasteiger partial charge in [0.1, 0.15) is 0 Å². The van der Waals surface area contributed by atoms with Gasteiger partial charge in [-0.25, -0.2) is 4.98 Å². The molecule has 0 bridgehead atoms. The van der Waals surface area contributed by atoms with Crippen LogP contribution in [0.2, 0.25) is 0 Å². The monoisotopic (exact) mass is 345 g/mol. The maximum absolute atomic E-state index is 5.69. The van der Waals surface area contributed by atoms with E-state index in [1.165, 1.54) is 16.9 Å². The third-order valence-electron chi connectivity index (χ3n) is 4.76. The van der Waals surface area contributed by atoms with Crippen molar-refractivity contribution >= 4 is 11.3 Å². The number of aromatic nitrogens is 1. The Morgan fingerprint density at radius 3 is 3.08 bits per heavy atom. The average Bonchev–Trinajstić information content (AvgIpc) is 3.31. The van der Waals surface area contributed by atoms with Gasteiger partial charge in [-0.1, -0.05) is 12.1 Å². The quantitative estimate of drug-likeness (QED) is 0.872. The van der Waals surface area contributed by atoms with Crippen molar-refractivity contribution in [2.75, 3.05) is 26.4 Å². The van der Waals surface area contributed by atoms with E-state index in [4.69, 9.17) is 9.47 Å². The van der Waals surface area contributed by atoms with Crippen molar-refractivity contribution in [1.29, 1.82) is 0 Å². The maximum atomic E-state index is 5.69. The lowest BCUT2D eigenvalue weighted by atomic mass is 10.1. The molecule has 2 aliphatic rings. The van der Waals surface area contributed by atoms with Crippen LogP contribution in [0.4, 0.5) is 0 Å². The van der Waals surface area contributed by atoms with Gasteiger partial charge in [0.2, 0.25) is 6.79 Å². The molecule has 1 atom stereocenters. The number of hydrogen-bond donors (Lipinski definition) is 1. The minimum absolute atomic E-state index is 0.326. The second kappa shape index (κ2) is 7.09. The van der Waals surface area contributed by atoms with E-state index in [-0.39, 0.29) is 0 Å². The molecule has 128 valence electrons. The van der Waals surface area contributed by atoms with E-state index >= 15 is 0 Å². The molecule has 1 aromatic heterocycles. The smallest absolute Gasteiger partial charge is 0.231 e. The van der Waals surface area contributed by atoms with Crippen LogP contribution in [0.5, 0.6) is 11.5 Å². The first-order chi connectivity index (χ1) is 11.8. The lowest BCUT2D eigenvalue weighted by Gasteiger charge is -2.25. The second-order valence-electron chi connectivity index (χ2n) is 6.54. The summed E-state index contributed by atoms with van der Waals surface area (Å²) in [5.74, 6) is 2.49. The number of nitrogens with one attached hydrogen (secondary N) is 1. The fourth-order valence-corrected chi connectivity index (χ4v) is 4.28. The molecule has 0 spiro atoms. The number of para-hydroxylation sites is 1. The van der Waals surface area contributed by atoms with Gasteiger partial charge in [-0.2, -0.15) is 0 Å². The molecular formula is C18H23N3O2S. The van der Waals surface area contributed by atoms with Gasteiger partial charge in [0.15, 0.2) is 11.5 Å². The SMILES string of the molecule is Cc1ncsc1CN(Cc1cccc2c1OCO2)CC1CCNC1. The van der Waals surface area contributed by atoms with Crippen LogP contribution in [0.3, 0.4) is 0 Å². The summed E-state index contributed by atoms with van der Waals surface area (Å²) in [6, 6.07) is 6.17. The summed E-state index contributed by atoms with van der Waals surface area (Å²) in [5, 5.41) is 3.47. The number of fused-ring (bicyclic) bond motifs is 1. The third kappa shape index (κ3) is 3.41. The summed E-state index contributed by atoms with van der Waals surface area (Å²) in [4.78, 5) is 8.28. The van der Waals surface area contributed by atoms with Crippen LogP contribution < -0.4 is 14.8 Å². The molecule has 1 saturated heterocycles. The fraction of sp³-hybridized carbons (Fsp3) is 0.500. The summed E-state index contributed by atoms with van der Waals surface area (Å²) < 4.78 is 11.2. The van der Waals surface area contributed by atoms with Crippen LogP contribution in [-0.4, -0.2) is 36.3 Å². The largest absolute Gasteiger partial charge is 0.454 e. The first-order valence-electron chi connectivity index (χ1n) is 8.49. The number of rotatable bonds is 6. The zero-order valence-electron chi connectivity index (χ0n) is 14.0. The Morgan fingerprint density at radius 2 is 2.29 bits per heavy atom. The average molecular weight is 345 g/mol. The van der Waals surface area contributed by atoms with Crippen LogP contribution in [0.1, 0.15) is 22.6 Å². The highest BCUT2D eigenvalue weighted by Crippen LogP contribution is 2.36. The Kier molecular flexibility index (Phi) is 4.69. The third-order valence-corrected chi connectivity index (χ3v) is 5.68. The van der Waals surface area contributed by atoms with E-state index in [9.17, 15) is 0 Å². The number of nitrogens with zero attached hydrogens (tertiary/aromatic N) is 2. The summed E-state index contributed by atoms with van der Waals surface area (Å²) in [6.07, 6.45) is 1.25. The molecule has 3 heterocycles. The summed E-state index contributed by atoms with van der Waals surface area (Å²) in [7, 11) is 0. The number of aryl methyl sites for hydroxylation is 1. The summed E-state index contributed by atoms with van der Waals surface area (Å²) >= 11 is 1.75. The zero-order valence-corrected chi connectivity index (χ0v) is 14.8. The topological polar surface area (TPSA) is 46.6 Å². The van der Waals surface area contributed by atoms with Crippen LogP contribution >= 0.6 is 11.3 Å². The molecule has 1 aromatic carbocycles. The maximum Gasteiger partial charge on any atom is 0.231 e. The molecule has 0 saturated carbocycles. The van der Waals surface area contributed by atoms with E-state index in [0.717, 1.165) is 49.9 Å². The van der Waals surface area contributed by atoms with Crippen LogP contribution in [0.25, 0.3) is 0 Å². The summed E-state index contributed by atoms with van der Waals surface area (Å²) in [6.45, 7) is 7.58. The molecule has 4 rings (SSSR count). The predicted molar refractivity (Wildman–Crippen MR) is 94.5 cm³/mol. The second-order valence-corrected chi connectivity index (χ2v) is 7.48. The van der Waals surface area contributed by atoms with Crippen molar-refractivity contribution < 1.29 is 9.47 Å². The number of hydrogen-bond acceptors (Lipinski definition) is 6. The highest BCUT2D eigenvalue weighted by molar-refractivity contribution is 7.09. The molecule has 1 unspecified atom stereocenters. The van der Waals surface area contributed by atoms with Crippen molar-refractivity contribution in [1.82, 2.24) is 15.2 Å². The molecular weight excluding hydrogens is 322 g/mol. The summed E-state index contributed by atoms with van der Waals surface area (Å²) in [5.41, 5.74) is 4.29. The molecule has 0 aliphatic carbocycles. The van der Waals surface area contributed by atoms with Gasteiger partial charge in [-0.3, -0.25) is 4.90 Å². The molecule has 0 radical (unpaired) electrons. The van der Waals surface area contributed by atoms with Crippen LogP contribution in [0.15, 0.2) is 23.7 Å². The van der Waals surface area contributed by atoms with Crippen molar-refractivity contribution in [3.8, 4) is 11.5 Å². The Morgan fingerprint density at radius 1 is 1.33 bits per heavy atom. The van der Waals surface area contributed by atoms with Gasteiger partial charge >= 0.3 is 0 Å². The molecule has 2 aromatic rings. The van der Waals surface area contributed by atoms with E-state index in [2.05, 4.69) is 34.3 Å². The lowest BCUT2D eigenvalue weighted by molar-refractivity contribution is 0.170. The number of thiazole rings is 1. The lowest BCUT2D eigenvalue weighted by Crippen LogP contribution is -2.30. The normalized spacial score (nSPS) is 19.3.